The molecule has 6 heavy (non-hydrogen) atoms. The second-order valence-electron chi connectivity index (χ2n) is 1.04. The van der Waals surface area contributed by atoms with Gasteiger partial charge >= 0.3 is 0 Å². The molecule has 0 fully saturated rings. The zero-order valence-corrected chi connectivity index (χ0v) is 4.67. The summed E-state index contributed by atoms with van der Waals surface area (Å²) in [5.74, 6) is 0. The van der Waals surface area contributed by atoms with Crippen molar-refractivity contribution in [3.63, 3.8) is 0 Å². The van der Waals surface area contributed by atoms with Gasteiger partial charge < -0.3 is 0 Å². The predicted octanol–water partition coefficient (Wildman–Crippen LogP) is 1.67. The van der Waals surface area contributed by atoms with Gasteiger partial charge in [-0.2, -0.15) is 0 Å². The maximum absolute atomic E-state index is 5.55. The van der Waals surface area contributed by atoms with Gasteiger partial charge in [0.2, 0.25) is 0 Å². The second-order valence-corrected chi connectivity index (χ2v) is 2.82. The van der Waals surface area contributed by atoms with Crippen LogP contribution in [0.25, 0.3) is 0 Å². The molecule has 3 heteroatoms. The Morgan fingerprint density at radius 2 is 2.83 bits per heavy atom. The summed E-state index contributed by atoms with van der Waals surface area (Å²) < 4.78 is 4.04. The minimum Gasteiger partial charge on any atom is -0.227 e. The minimum absolute atomic E-state index is 0.213. The molecule has 0 amide bonds. The molecule has 1 aliphatic rings. The highest BCUT2D eigenvalue weighted by Gasteiger charge is 2.05. The van der Waals surface area contributed by atoms with E-state index in [-0.39, 0.29) is 4.71 Å². The normalized spacial score (nSPS) is 31.8. The summed E-state index contributed by atoms with van der Waals surface area (Å²) in [7, 11) is 0. The maximum atomic E-state index is 5.55. The van der Waals surface area contributed by atoms with E-state index in [1.165, 1.54) is 11.9 Å². The van der Waals surface area contributed by atoms with E-state index in [1.807, 2.05) is 6.21 Å². The van der Waals surface area contributed by atoms with Crippen molar-refractivity contribution in [3.8, 4) is 0 Å². The Hall–Kier alpha value is 0.310. The van der Waals surface area contributed by atoms with E-state index in [2.05, 4.69) is 4.40 Å². The van der Waals surface area contributed by atoms with Crippen molar-refractivity contribution in [2.75, 3.05) is 0 Å². The first-order valence-corrected chi connectivity index (χ1v) is 2.98. The summed E-state index contributed by atoms with van der Waals surface area (Å²) in [6.45, 7) is 0. The maximum Gasteiger partial charge on any atom is 0.106 e. The van der Waals surface area contributed by atoms with Gasteiger partial charge in [0.05, 0.1) is 0 Å². The third kappa shape index (κ3) is 0.884. The lowest BCUT2D eigenvalue weighted by atomic mass is 10.5. The number of rotatable bonds is 0. The van der Waals surface area contributed by atoms with Gasteiger partial charge in [0.25, 0.3) is 0 Å². The monoisotopic (exact) mass is 121 g/mol. The average molecular weight is 122 g/mol. The summed E-state index contributed by atoms with van der Waals surface area (Å²) >= 11 is 6.98. The Bertz CT molecular complexity index is 65.2. The first-order valence-electron chi connectivity index (χ1n) is 1.71. The molecule has 0 aromatic heterocycles. The molecule has 0 bridgehead atoms. The average Bonchev–Trinajstić information content (AvgIpc) is 1.86. The van der Waals surface area contributed by atoms with Crippen molar-refractivity contribution >= 4 is 29.8 Å². The van der Waals surface area contributed by atoms with Crippen LogP contribution in [0.15, 0.2) is 4.40 Å². The quantitative estimate of drug-likeness (QED) is 0.351. The fourth-order valence-electron chi connectivity index (χ4n) is 0.278. The van der Waals surface area contributed by atoms with Crippen LogP contribution >= 0.6 is 23.5 Å². The molecule has 0 N–H and O–H groups in total. The molecule has 0 saturated heterocycles. The molecular formula is C3H4ClNS. The molecule has 0 aliphatic carbocycles. The highest BCUT2D eigenvalue weighted by molar-refractivity contribution is 8.00. The van der Waals surface area contributed by atoms with Gasteiger partial charge in [-0.05, 0) is 11.9 Å². The molecule has 0 aromatic carbocycles. The first kappa shape index (κ1) is 4.47. The van der Waals surface area contributed by atoms with Gasteiger partial charge in [-0.15, -0.1) is 11.6 Å². The lowest BCUT2D eigenvalue weighted by molar-refractivity contribution is 1.29. The molecule has 1 heterocycles. The van der Waals surface area contributed by atoms with Gasteiger partial charge in [-0.25, -0.2) is 4.40 Å². The Labute approximate surface area is 45.9 Å². The van der Waals surface area contributed by atoms with Crippen LogP contribution in [0.1, 0.15) is 6.42 Å². The highest BCUT2D eigenvalue weighted by Crippen LogP contribution is 2.23. The van der Waals surface area contributed by atoms with Crippen LogP contribution in [0.4, 0.5) is 0 Å². The molecule has 1 aliphatic heterocycles. The lowest BCUT2D eigenvalue weighted by Crippen LogP contribution is -1.80. The second kappa shape index (κ2) is 1.85. The summed E-state index contributed by atoms with van der Waals surface area (Å²) in [5.41, 5.74) is 0. The fourth-order valence-corrected chi connectivity index (χ4v) is 0.972. The smallest absolute Gasteiger partial charge is 0.106 e. The third-order valence-corrected chi connectivity index (χ3v) is 1.65. The number of hydrogen-bond donors (Lipinski definition) is 0. The van der Waals surface area contributed by atoms with Crippen molar-refractivity contribution in [3.05, 3.63) is 0 Å². The molecule has 0 spiro atoms. The van der Waals surface area contributed by atoms with Crippen molar-refractivity contribution in [2.24, 2.45) is 4.40 Å². The van der Waals surface area contributed by atoms with Crippen molar-refractivity contribution < 1.29 is 0 Å². The summed E-state index contributed by atoms with van der Waals surface area (Å²) in [5, 5.41) is 0. The minimum atomic E-state index is 0.213. The molecule has 1 nitrogen and oxygen atoms in total. The molecule has 0 saturated carbocycles. The number of alkyl halides is 1. The van der Waals surface area contributed by atoms with Gasteiger partial charge in [0, 0.05) is 12.6 Å². The molecule has 34 valence electrons. The predicted molar refractivity (Wildman–Crippen MR) is 30.3 cm³/mol. The largest absolute Gasteiger partial charge is 0.227 e. The third-order valence-electron chi connectivity index (χ3n) is 0.540. The van der Waals surface area contributed by atoms with E-state index in [1.54, 1.807) is 0 Å². The Morgan fingerprint density at radius 1 is 2.00 bits per heavy atom. The SMILES string of the molecule is ClC1CC=NS1. The molecular weight excluding hydrogens is 118 g/mol. The first-order chi connectivity index (χ1) is 2.89. The fraction of sp³-hybridized carbons (Fsp3) is 0.667. The van der Waals surface area contributed by atoms with E-state index in [9.17, 15) is 0 Å². The number of nitrogens with zero attached hydrogens (tertiary/aromatic N) is 1. The lowest BCUT2D eigenvalue weighted by Gasteiger charge is -1.85. The standard InChI is InChI=1S/C3H4ClNS/c4-3-1-2-5-6-3/h2-3H,1H2. The van der Waals surface area contributed by atoms with E-state index in [4.69, 9.17) is 11.6 Å². The molecule has 1 atom stereocenters. The van der Waals surface area contributed by atoms with Gasteiger partial charge in [0.1, 0.15) is 4.71 Å². The van der Waals surface area contributed by atoms with Crippen LogP contribution in [0.5, 0.6) is 0 Å². The van der Waals surface area contributed by atoms with Gasteiger partial charge in [-0.1, -0.05) is 0 Å². The molecule has 1 rings (SSSR count). The van der Waals surface area contributed by atoms with Crippen LogP contribution in [-0.4, -0.2) is 10.9 Å². The van der Waals surface area contributed by atoms with E-state index in [0.717, 1.165) is 6.42 Å². The topological polar surface area (TPSA) is 12.4 Å². The van der Waals surface area contributed by atoms with Crippen LogP contribution in [-0.2, 0) is 0 Å². The summed E-state index contributed by atoms with van der Waals surface area (Å²) in [6.07, 6.45) is 2.76. The van der Waals surface area contributed by atoms with Crippen LogP contribution in [0.2, 0.25) is 0 Å². The molecule has 1 unspecified atom stereocenters. The number of halogens is 1. The van der Waals surface area contributed by atoms with E-state index in [0.29, 0.717) is 0 Å². The van der Waals surface area contributed by atoms with Crippen LogP contribution in [0.3, 0.4) is 0 Å². The summed E-state index contributed by atoms with van der Waals surface area (Å²) in [4.78, 5) is 0. The van der Waals surface area contributed by atoms with Crippen molar-refractivity contribution in [1.82, 2.24) is 0 Å². The summed E-state index contributed by atoms with van der Waals surface area (Å²) in [6, 6.07) is 0. The van der Waals surface area contributed by atoms with Gasteiger partial charge in [-0.3, -0.25) is 0 Å². The van der Waals surface area contributed by atoms with Crippen LogP contribution < -0.4 is 0 Å². The van der Waals surface area contributed by atoms with Crippen LogP contribution in [0, 0.1) is 0 Å². The zero-order valence-electron chi connectivity index (χ0n) is 3.10. The highest BCUT2D eigenvalue weighted by atomic mass is 35.5. The van der Waals surface area contributed by atoms with E-state index >= 15 is 0 Å². The Kier molecular flexibility index (Phi) is 1.37. The molecule has 0 radical (unpaired) electrons. The number of hydrogen-bond acceptors (Lipinski definition) is 2. The van der Waals surface area contributed by atoms with E-state index < -0.39 is 0 Å². The zero-order chi connectivity index (χ0) is 4.41. The van der Waals surface area contributed by atoms with Crippen molar-refractivity contribution in [1.29, 1.82) is 0 Å². The van der Waals surface area contributed by atoms with Gasteiger partial charge in [0.15, 0.2) is 0 Å². The Morgan fingerprint density at radius 3 is 3.00 bits per heavy atom. The molecule has 0 aromatic rings. The Balaban J connectivity index is 2.32. The van der Waals surface area contributed by atoms with Crippen molar-refractivity contribution in [2.45, 2.75) is 11.1 Å².